The van der Waals surface area contributed by atoms with E-state index in [-0.39, 0.29) is 0 Å². The highest BCUT2D eigenvalue weighted by atomic mass is 16.6. The number of aliphatic hydroxyl groups excluding tert-OH is 1. The zero-order valence-electron chi connectivity index (χ0n) is 8.87. The van der Waals surface area contributed by atoms with E-state index in [1.165, 1.54) is 6.92 Å². The zero-order valence-corrected chi connectivity index (χ0v) is 8.87. The Morgan fingerprint density at radius 1 is 1.57 bits per heavy atom. The number of carbonyl (C=O) groups is 1. The van der Waals surface area contributed by atoms with Gasteiger partial charge in [0.05, 0.1) is 12.1 Å². The fourth-order valence-electron chi connectivity index (χ4n) is 0.684. The summed E-state index contributed by atoms with van der Waals surface area (Å²) in [7, 11) is 0. The highest BCUT2D eigenvalue weighted by Gasteiger charge is 2.20. The van der Waals surface area contributed by atoms with Crippen LogP contribution in [0.5, 0.6) is 0 Å². The van der Waals surface area contributed by atoms with E-state index in [1.807, 2.05) is 0 Å². The summed E-state index contributed by atoms with van der Waals surface area (Å²) in [5.41, 5.74) is -0.582. The zero-order chi connectivity index (χ0) is 11.4. The lowest BCUT2D eigenvalue weighted by Gasteiger charge is -2.22. The molecule has 5 heteroatoms. The Hall–Kier alpha value is -1.28. The molecular weight excluding hydrogens is 184 g/mol. The van der Waals surface area contributed by atoms with Gasteiger partial charge in [-0.2, -0.15) is 5.26 Å². The minimum Gasteiger partial charge on any atom is -0.444 e. The van der Waals surface area contributed by atoms with E-state index in [2.05, 4.69) is 5.32 Å². The third-order valence-corrected chi connectivity index (χ3v) is 1.35. The summed E-state index contributed by atoms with van der Waals surface area (Å²) in [6.45, 7) is 6.73. The van der Waals surface area contributed by atoms with Crippen LogP contribution in [0.3, 0.4) is 0 Å². The third kappa shape index (κ3) is 5.38. The van der Waals surface area contributed by atoms with Crippen molar-refractivity contribution in [1.82, 2.24) is 5.32 Å². The van der Waals surface area contributed by atoms with Gasteiger partial charge in [-0.1, -0.05) is 0 Å². The lowest BCUT2D eigenvalue weighted by Crippen LogP contribution is -2.43. The van der Waals surface area contributed by atoms with Crippen LogP contribution in [0.15, 0.2) is 0 Å². The molecule has 0 spiro atoms. The van der Waals surface area contributed by atoms with Crippen molar-refractivity contribution in [2.24, 2.45) is 0 Å². The van der Waals surface area contributed by atoms with Crippen molar-refractivity contribution in [3.05, 3.63) is 0 Å². The SMILES string of the molecule is C[C@H](NC(=O)OC(C)(C)C)C(O)C#N. The maximum Gasteiger partial charge on any atom is 0.407 e. The Kier molecular flexibility index (Phi) is 4.38. The standard InChI is InChI=1S/C9H16N2O3/c1-6(7(12)5-10)11-8(13)14-9(2,3)4/h6-7,12H,1-4H3,(H,11,13)/t6-,7?/m0/s1. The Morgan fingerprint density at radius 2 is 2.07 bits per heavy atom. The molecule has 0 aliphatic heterocycles. The highest BCUT2D eigenvalue weighted by Crippen LogP contribution is 2.06. The summed E-state index contributed by atoms with van der Waals surface area (Å²) in [4.78, 5) is 11.1. The summed E-state index contributed by atoms with van der Waals surface area (Å²) in [5, 5.41) is 19.8. The van der Waals surface area contributed by atoms with Crippen LogP contribution in [-0.4, -0.2) is 28.9 Å². The summed E-state index contributed by atoms with van der Waals surface area (Å²) < 4.78 is 4.93. The molecule has 0 saturated heterocycles. The molecule has 2 atom stereocenters. The van der Waals surface area contributed by atoms with Gasteiger partial charge in [0.15, 0.2) is 6.10 Å². The monoisotopic (exact) mass is 200 g/mol. The number of aliphatic hydroxyl groups is 1. The Labute approximate surface area is 83.7 Å². The van der Waals surface area contributed by atoms with Crippen LogP contribution in [0.25, 0.3) is 0 Å². The van der Waals surface area contributed by atoms with Crippen LogP contribution >= 0.6 is 0 Å². The number of rotatable bonds is 2. The lowest BCUT2D eigenvalue weighted by atomic mass is 10.2. The van der Waals surface area contributed by atoms with E-state index in [9.17, 15) is 4.79 Å². The van der Waals surface area contributed by atoms with E-state index in [0.717, 1.165) is 0 Å². The van der Waals surface area contributed by atoms with Gasteiger partial charge >= 0.3 is 6.09 Å². The number of nitriles is 1. The van der Waals surface area contributed by atoms with Gasteiger partial charge in [0.1, 0.15) is 5.60 Å². The van der Waals surface area contributed by atoms with Gasteiger partial charge in [0.2, 0.25) is 0 Å². The van der Waals surface area contributed by atoms with Crippen LogP contribution in [0.4, 0.5) is 4.79 Å². The Bertz CT molecular complexity index is 239. The second kappa shape index (κ2) is 4.82. The van der Waals surface area contributed by atoms with Gasteiger partial charge in [-0.15, -0.1) is 0 Å². The van der Waals surface area contributed by atoms with Crippen molar-refractivity contribution in [2.45, 2.75) is 45.4 Å². The molecule has 0 aromatic heterocycles. The molecule has 1 unspecified atom stereocenters. The molecule has 1 amide bonds. The fourth-order valence-corrected chi connectivity index (χ4v) is 0.684. The maximum atomic E-state index is 11.1. The third-order valence-electron chi connectivity index (χ3n) is 1.35. The Morgan fingerprint density at radius 3 is 2.43 bits per heavy atom. The van der Waals surface area contributed by atoms with Gasteiger partial charge in [-0.05, 0) is 27.7 Å². The molecular formula is C9H16N2O3. The predicted molar refractivity (Wildman–Crippen MR) is 50.5 cm³/mol. The van der Waals surface area contributed by atoms with E-state index in [0.29, 0.717) is 0 Å². The maximum absolute atomic E-state index is 11.1. The van der Waals surface area contributed by atoms with Crippen molar-refractivity contribution in [1.29, 1.82) is 5.26 Å². The molecule has 0 fully saturated rings. The number of hydrogen-bond donors (Lipinski definition) is 2. The molecule has 0 heterocycles. The quantitative estimate of drug-likeness (QED) is 0.645. The molecule has 0 aromatic carbocycles. The van der Waals surface area contributed by atoms with Gasteiger partial charge in [-0.25, -0.2) is 4.79 Å². The molecule has 0 radical (unpaired) electrons. The van der Waals surface area contributed by atoms with Crippen LogP contribution in [-0.2, 0) is 4.74 Å². The van der Waals surface area contributed by atoms with E-state index >= 15 is 0 Å². The fraction of sp³-hybridized carbons (Fsp3) is 0.778. The molecule has 0 rings (SSSR count). The highest BCUT2D eigenvalue weighted by molar-refractivity contribution is 5.68. The van der Waals surface area contributed by atoms with Crippen molar-refractivity contribution >= 4 is 6.09 Å². The van der Waals surface area contributed by atoms with Crippen LogP contribution in [0.2, 0.25) is 0 Å². The summed E-state index contributed by atoms with van der Waals surface area (Å²) in [6, 6.07) is 0.975. The first kappa shape index (κ1) is 12.7. The average molecular weight is 200 g/mol. The molecule has 0 bridgehead atoms. The van der Waals surface area contributed by atoms with Crippen LogP contribution in [0.1, 0.15) is 27.7 Å². The van der Waals surface area contributed by atoms with Gasteiger partial charge in [0, 0.05) is 0 Å². The van der Waals surface area contributed by atoms with Crippen molar-refractivity contribution < 1.29 is 14.6 Å². The van der Waals surface area contributed by atoms with Crippen molar-refractivity contribution in [3.8, 4) is 6.07 Å². The first-order chi connectivity index (χ1) is 6.26. The average Bonchev–Trinajstić information content (AvgIpc) is 1.99. The minimum atomic E-state index is -1.22. The molecule has 0 aliphatic carbocycles. The molecule has 0 aliphatic rings. The predicted octanol–water partition coefficient (Wildman–Crippen LogP) is 0.784. The topological polar surface area (TPSA) is 82.3 Å². The lowest BCUT2D eigenvalue weighted by molar-refractivity contribution is 0.0468. The number of nitrogens with zero attached hydrogens (tertiary/aromatic N) is 1. The van der Waals surface area contributed by atoms with E-state index < -0.39 is 23.8 Å². The number of carbonyl (C=O) groups excluding carboxylic acids is 1. The normalized spacial score (nSPS) is 15.1. The minimum absolute atomic E-state index is 0.582. The molecule has 80 valence electrons. The largest absolute Gasteiger partial charge is 0.444 e. The summed E-state index contributed by atoms with van der Waals surface area (Å²) >= 11 is 0. The molecule has 0 aromatic rings. The second-order valence-electron chi connectivity index (χ2n) is 4.01. The van der Waals surface area contributed by atoms with Gasteiger partial charge in [-0.3, -0.25) is 0 Å². The van der Waals surface area contributed by atoms with Crippen molar-refractivity contribution in [3.63, 3.8) is 0 Å². The Balaban J connectivity index is 4.03. The summed E-state index contributed by atoms with van der Waals surface area (Å²) in [6.07, 6.45) is -1.86. The van der Waals surface area contributed by atoms with Gasteiger partial charge in [0.25, 0.3) is 0 Å². The number of nitrogens with one attached hydrogen (secondary N) is 1. The smallest absolute Gasteiger partial charge is 0.407 e. The first-order valence-electron chi connectivity index (χ1n) is 4.33. The van der Waals surface area contributed by atoms with Crippen LogP contribution < -0.4 is 5.32 Å². The summed E-state index contributed by atoms with van der Waals surface area (Å²) in [5.74, 6) is 0. The number of hydrogen-bond acceptors (Lipinski definition) is 4. The second-order valence-corrected chi connectivity index (χ2v) is 4.01. The number of alkyl carbamates (subject to hydrolysis) is 1. The number of amides is 1. The van der Waals surface area contributed by atoms with E-state index in [4.69, 9.17) is 15.1 Å². The molecule has 14 heavy (non-hydrogen) atoms. The van der Waals surface area contributed by atoms with Gasteiger partial charge < -0.3 is 15.2 Å². The number of ether oxygens (including phenoxy) is 1. The molecule has 2 N–H and O–H groups in total. The van der Waals surface area contributed by atoms with Crippen molar-refractivity contribution in [2.75, 3.05) is 0 Å². The van der Waals surface area contributed by atoms with E-state index in [1.54, 1.807) is 26.8 Å². The molecule has 5 nitrogen and oxygen atoms in total. The molecule has 0 saturated carbocycles. The first-order valence-corrected chi connectivity index (χ1v) is 4.33. The van der Waals surface area contributed by atoms with Crippen LogP contribution in [0, 0.1) is 11.3 Å².